The van der Waals surface area contributed by atoms with E-state index in [-0.39, 0.29) is 23.9 Å². The molecule has 0 aliphatic carbocycles. The number of piperazine rings is 2. The molecular formula is C12H16N3O2S+. The van der Waals surface area contributed by atoms with Crippen LogP contribution < -0.4 is 10.6 Å². The van der Waals surface area contributed by atoms with Crippen molar-refractivity contribution in [3.63, 3.8) is 0 Å². The number of nitrogens with two attached hydrogens (primary N) is 1. The fourth-order valence-corrected chi connectivity index (χ4v) is 3.35. The van der Waals surface area contributed by atoms with Crippen molar-refractivity contribution in [1.82, 2.24) is 10.2 Å². The van der Waals surface area contributed by atoms with E-state index in [2.05, 4.69) is 10.6 Å². The second-order valence-corrected chi connectivity index (χ2v) is 5.74. The quantitative estimate of drug-likeness (QED) is 0.689. The van der Waals surface area contributed by atoms with Crippen LogP contribution in [0.1, 0.15) is 4.88 Å². The van der Waals surface area contributed by atoms with E-state index in [1.54, 1.807) is 16.2 Å². The Morgan fingerprint density at radius 3 is 3.17 bits per heavy atom. The Labute approximate surface area is 109 Å². The Balaban J connectivity index is 1.76. The van der Waals surface area contributed by atoms with Gasteiger partial charge in [0.2, 0.25) is 11.8 Å². The van der Waals surface area contributed by atoms with E-state index in [4.69, 9.17) is 0 Å². The van der Waals surface area contributed by atoms with Crippen LogP contribution in [-0.2, 0) is 16.0 Å². The summed E-state index contributed by atoms with van der Waals surface area (Å²) in [5, 5.41) is 6.94. The predicted octanol–water partition coefficient (Wildman–Crippen LogP) is -1.44. The second kappa shape index (κ2) is 4.70. The summed E-state index contributed by atoms with van der Waals surface area (Å²) in [5.74, 6) is 0.0632. The van der Waals surface area contributed by atoms with Crippen molar-refractivity contribution in [2.24, 2.45) is 0 Å². The molecule has 18 heavy (non-hydrogen) atoms. The zero-order valence-electron chi connectivity index (χ0n) is 9.96. The van der Waals surface area contributed by atoms with Crippen LogP contribution in [0.15, 0.2) is 17.5 Å². The molecule has 0 aromatic carbocycles. The fourth-order valence-electron chi connectivity index (χ4n) is 2.60. The molecule has 6 heteroatoms. The highest BCUT2D eigenvalue weighted by molar-refractivity contribution is 7.09. The van der Waals surface area contributed by atoms with E-state index in [1.165, 1.54) is 0 Å². The summed E-state index contributed by atoms with van der Waals surface area (Å²) in [6.45, 7) is 2.25. The molecule has 96 valence electrons. The van der Waals surface area contributed by atoms with Crippen molar-refractivity contribution in [2.45, 2.75) is 18.5 Å². The highest BCUT2D eigenvalue weighted by Gasteiger charge is 2.43. The van der Waals surface area contributed by atoms with Gasteiger partial charge in [-0.15, -0.1) is 11.3 Å². The Kier molecular flexibility index (Phi) is 3.05. The number of hydrogen-bond acceptors (Lipinski definition) is 3. The SMILES string of the molecule is O=C1N[C@@H](Cc2cccs2)C(=O)N2CC[NH2+]C[C@@H]12. The standard InChI is InChI=1S/C12H15N3O2S/c16-11-10-7-13-3-4-15(10)12(17)9(14-11)6-8-2-1-5-18-8/h1-2,5,9-10,13H,3-4,6-7H2,(H,14,16)/p+1/t9-,10-/m0/s1. The molecule has 2 amide bonds. The molecule has 3 heterocycles. The normalized spacial score (nSPS) is 27.9. The number of amides is 2. The lowest BCUT2D eigenvalue weighted by Crippen LogP contribution is -2.94. The van der Waals surface area contributed by atoms with Crippen LogP contribution in [0.2, 0.25) is 0 Å². The van der Waals surface area contributed by atoms with Gasteiger partial charge in [-0.1, -0.05) is 6.07 Å². The van der Waals surface area contributed by atoms with Crippen LogP contribution in [0.25, 0.3) is 0 Å². The number of nitrogens with one attached hydrogen (secondary N) is 1. The third-order valence-corrected chi connectivity index (χ3v) is 4.42. The van der Waals surface area contributed by atoms with Gasteiger partial charge >= 0.3 is 0 Å². The predicted molar refractivity (Wildman–Crippen MR) is 67.1 cm³/mol. The minimum Gasteiger partial charge on any atom is -0.343 e. The highest BCUT2D eigenvalue weighted by Crippen LogP contribution is 2.16. The number of carbonyl (C=O) groups excluding carboxylic acids is 2. The number of hydrogen-bond donors (Lipinski definition) is 2. The van der Waals surface area contributed by atoms with Crippen LogP contribution in [0.5, 0.6) is 0 Å². The van der Waals surface area contributed by atoms with Gasteiger partial charge < -0.3 is 15.5 Å². The zero-order chi connectivity index (χ0) is 12.5. The molecule has 0 radical (unpaired) electrons. The molecule has 2 saturated heterocycles. The number of carbonyl (C=O) groups is 2. The lowest BCUT2D eigenvalue weighted by molar-refractivity contribution is -0.665. The molecule has 1 aromatic rings. The molecule has 2 fully saturated rings. The smallest absolute Gasteiger partial charge is 0.249 e. The maximum Gasteiger partial charge on any atom is 0.249 e. The van der Waals surface area contributed by atoms with E-state index >= 15 is 0 Å². The van der Waals surface area contributed by atoms with E-state index in [1.807, 2.05) is 17.5 Å². The first-order valence-electron chi connectivity index (χ1n) is 6.20. The molecule has 2 aliphatic heterocycles. The molecule has 2 aliphatic rings. The van der Waals surface area contributed by atoms with Crippen LogP contribution in [0, 0.1) is 0 Å². The Morgan fingerprint density at radius 2 is 2.39 bits per heavy atom. The summed E-state index contributed by atoms with van der Waals surface area (Å²) in [6.07, 6.45) is 0.606. The van der Waals surface area contributed by atoms with Gasteiger partial charge in [0.15, 0.2) is 6.04 Å². The maximum atomic E-state index is 12.3. The van der Waals surface area contributed by atoms with Gasteiger partial charge in [0.05, 0.1) is 13.1 Å². The van der Waals surface area contributed by atoms with E-state index < -0.39 is 0 Å². The number of nitrogens with zero attached hydrogens (tertiary/aromatic N) is 1. The summed E-state index contributed by atoms with van der Waals surface area (Å²) in [7, 11) is 0. The van der Waals surface area contributed by atoms with Gasteiger partial charge in [-0.25, -0.2) is 0 Å². The molecule has 2 atom stereocenters. The van der Waals surface area contributed by atoms with Crippen molar-refractivity contribution >= 4 is 23.2 Å². The summed E-state index contributed by atoms with van der Waals surface area (Å²) in [4.78, 5) is 27.2. The summed E-state index contributed by atoms with van der Waals surface area (Å²) >= 11 is 1.62. The molecule has 3 rings (SSSR count). The molecule has 0 spiro atoms. The third-order valence-electron chi connectivity index (χ3n) is 3.53. The van der Waals surface area contributed by atoms with E-state index in [9.17, 15) is 9.59 Å². The van der Waals surface area contributed by atoms with Crippen LogP contribution >= 0.6 is 11.3 Å². The topological polar surface area (TPSA) is 66.0 Å². The van der Waals surface area contributed by atoms with Gasteiger partial charge in [-0.2, -0.15) is 0 Å². The monoisotopic (exact) mass is 266 g/mol. The van der Waals surface area contributed by atoms with Crippen molar-refractivity contribution in [1.29, 1.82) is 0 Å². The summed E-state index contributed by atoms with van der Waals surface area (Å²) in [6, 6.07) is 3.31. The Hall–Kier alpha value is -1.40. The molecule has 0 bridgehead atoms. The molecule has 0 unspecified atom stereocenters. The lowest BCUT2D eigenvalue weighted by atomic mass is 10.0. The molecule has 0 saturated carbocycles. The average Bonchev–Trinajstić information content (AvgIpc) is 2.89. The number of thiophene rings is 1. The number of rotatable bonds is 2. The van der Waals surface area contributed by atoms with Gasteiger partial charge in [0.25, 0.3) is 0 Å². The van der Waals surface area contributed by atoms with E-state index in [0.29, 0.717) is 19.5 Å². The minimum absolute atomic E-state index is 0.00731. The van der Waals surface area contributed by atoms with Gasteiger partial charge in [-0.3, -0.25) is 9.59 Å². The van der Waals surface area contributed by atoms with Gasteiger partial charge in [0, 0.05) is 11.3 Å². The lowest BCUT2D eigenvalue weighted by Gasteiger charge is -2.40. The molecule has 5 nitrogen and oxygen atoms in total. The fraction of sp³-hybridized carbons (Fsp3) is 0.500. The largest absolute Gasteiger partial charge is 0.343 e. The van der Waals surface area contributed by atoms with Crippen molar-refractivity contribution in [3.05, 3.63) is 22.4 Å². The average molecular weight is 266 g/mol. The van der Waals surface area contributed by atoms with Crippen molar-refractivity contribution in [3.8, 4) is 0 Å². The summed E-state index contributed by atoms with van der Waals surface area (Å²) in [5.41, 5.74) is 0. The number of fused-ring (bicyclic) bond motifs is 1. The first-order valence-corrected chi connectivity index (χ1v) is 7.08. The first kappa shape index (κ1) is 11.7. The molecule has 1 aromatic heterocycles. The minimum atomic E-state index is -0.384. The van der Waals surface area contributed by atoms with Gasteiger partial charge in [0.1, 0.15) is 12.6 Å². The number of quaternary nitrogens is 1. The van der Waals surface area contributed by atoms with Crippen molar-refractivity contribution < 1.29 is 14.9 Å². The maximum absolute atomic E-state index is 12.3. The van der Waals surface area contributed by atoms with E-state index in [0.717, 1.165) is 11.4 Å². The third kappa shape index (κ3) is 2.02. The van der Waals surface area contributed by atoms with Crippen LogP contribution in [0.3, 0.4) is 0 Å². The highest BCUT2D eigenvalue weighted by atomic mass is 32.1. The van der Waals surface area contributed by atoms with Crippen molar-refractivity contribution in [2.75, 3.05) is 19.6 Å². The zero-order valence-corrected chi connectivity index (χ0v) is 10.8. The second-order valence-electron chi connectivity index (χ2n) is 4.71. The first-order chi connectivity index (χ1) is 8.75. The summed E-state index contributed by atoms with van der Waals surface area (Å²) < 4.78 is 0. The van der Waals surface area contributed by atoms with Crippen LogP contribution in [0.4, 0.5) is 0 Å². The Morgan fingerprint density at radius 1 is 1.50 bits per heavy atom. The molecule has 3 N–H and O–H groups in total. The van der Waals surface area contributed by atoms with Gasteiger partial charge in [-0.05, 0) is 11.4 Å². The molecular weight excluding hydrogens is 250 g/mol. The van der Waals surface area contributed by atoms with Crippen LogP contribution in [-0.4, -0.2) is 48.4 Å². The Bertz CT molecular complexity index is 460.